The number of benzene rings is 2. The number of carbonyl (C=O) groups excluding carboxylic acids is 1. The van der Waals surface area contributed by atoms with Gasteiger partial charge in [0.15, 0.2) is 0 Å². The standard InChI is InChI=1S/C18H20Cl2N2O4S/c1-11-5-6-13(19)9-16(11)22(27(4,24)25)12(2)18(23)21-14-7-8-17(26-3)15(20)10-14/h5-10,12H,1-4H3,(H,21,23)/t12-/m1/s1. The first kappa shape index (κ1) is 21.3. The minimum Gasteiger partial charge on any atom is -0.495 e. The maximum Gasteiger partial charge on any atom is 0.247 e. The number of methoxy groups -OCH3 is 1. The van der Waals surface area contributed by atoms with Gasteiger partial charge in [-0.05, 0) is 49.7 Å². The lowest BCUT2D eigenvalue weighted by atomic mass is 10.1. The number of anilines is 2. The first-order valence-corrected chi connectivity index (χ1v) is 10.5. The molecule has 1 atom stereocenters. The van der Waals surface area contributed by atoms with Crippen LogP contribution >= 0.6 is 23.2 Å². The van der Waals surface area contributed by atoms with Crippen LogP contribution in [0.25, 0.3) is 0 Å². The molecule has 0 spiro atoms. The Morgan fingerprint density at radius 1 is 1.19 bits per heavy atom. The van der Waals surface area contributed by atoms with E-state index in [1.165, 1.54) is 26.2 Å². The molecule has 2 aromatic rings. The molecular formula is C18H20Cl2N2O4S. The van der Waals surface area contributed by atoms with Gasteiger partial charge in [0.1, 0.15) is 11.8 Å². The minimum absolute atomic E-state index is 0.327. The van der Waals surface area contributed by atoms with Gasteiger partial charge in [0.25, 0.3) is 0 Å². The molecule has 0 fully saturated rings. The molecule has 0 aromatic heterocycles. The minimum atomic E-state index is -3.74. The van der Waals surface area contributed by atoms with Gasteiger partial charge in [-0.15, -0.1) is 0 Å². The van der Waals surface area contributed by atoms with Crippen LogP contribution in [0.3, 0.4) is 0 Å². The van der Waals surface area contributed by atoms with E-state index in [4.69, 9.17) is 27.9 Å². The third-order valence-electron chi connectivity index (χ3n) is 3.92. The first-order valence-electron chi connectivity index (χ1n) is 7.94. The van der Waals surface area contributed by atoms with Gasteiger partial charge in [-0.2, -0.15) is 0 Å². The molecule has 2 rings (SSSR count). The average molecular weight is 431 g/mol. The van der Waals surface area contributed by atoms with Crippen LogP contribution in [0.4, 0.5) is 11.4 Å². The number of carbonyl (C=O) groups is 1. The van der Waals surface area contributed by atoms with E-state index in [9.17, 15) is 13.2 Å². The molecule has 0 saturated carbocycles. The molecule has 1 N–H and O–H groups in total. The van der Waals surface area contributed by atoms with Crippen LogP contribution in [0.2, 0.25) is 10.0 Å². The van der Waals surface area contributed by atoms with Crippen molar-refractivity contribution in [2.45, 2.75) is 19.9 Å². The van der Waals surface area contributed by atoms with Crippen molar-refractivity contribution in [3.8, 4) is 5.75 Å². The summed E-state index contributed by atoms with van der Waals surface area (Å²) in [5.41, 5.74) is 1.45. The molecule has 0 radical (unpaired) electrons. The SMILES string of the molecule is COc1ccc(NC(=O)[C@@H](C)N(c2cc(Cl)ccc2C)S(C)(=O)=O)cc1Cl. The Labute approximate surface area is 169 Å². The van der Waals surface area contributed by atoms with Crippen LogP contribution in [-0.2, 0) is 14.8 Å². The van der Waals surface area contributed by atoms with Crippen LogP contribution < -0.4 is 14.4 Å². The van der Waals surface area contributed by atoms with E-state index in [2.05, 4.69) is 5.32 Å². The first-order chi connectivity index (χ1) is 12.5. The Hall–Kier alpha value is -1.96. The van der Waals surface area contributed by atoms with Crippen LogP contribution in [0, 0.1) is 6.92 Å². The summed E-state index contributed by atoms with van der Waals surface area (Å²) in [5, 5.41) is 3.37. The summed E-state index contributed by atoms with van der Waals surface area (Å²) in [6.07, 6.45) is 1.04. The molecule has 27 heavy (non-hydrogen) atoms. The molecule has 0 aliphatic rings. The highest BCUT2D eigenvalue weighted by Crippen LogP contribution is 2.30. The van der Waals surface area contributed by atoms with Crippen molar-refractivity contribution in [3.63, 3.8) is 0 Å². The maximum atomic E-state index is 12.7. The smallest absolute Gasteiger partial charge is 0.247 e. The monoisotopic (exact) mass is 430 g/mol. The van der Waals surface area contributed by atoms with E-state index in [1.807, 2.05) is 0 Å². The van der Waals surface area contributed by atoms with E-state index < -0.39 is 22.0 Å². The lowest BCUT2D eigenvalue weighted by Crippen LogP contribution is -2.45. The predicted octanol–water partition coefficient (Wildman–Crippen LogP) is 4.10. The molecule has 146 valence electrons. The van der Waals surface area contributed by atoms with Crippen LogP contribution in [0.15, 0.2) is 36.4 Å². The van der Waals surface area contributed by atoms with Gasteiger partial charge in [0, 0.05) is 10.7 Å². The second kappa shape index (κ2) is 8.37. The lowest BCUT2D eigenvalue weighted by Gasteiger charge is -2.29. The quantitative estimate of drug-likeness (QED) is 0.747. The predicted molar refractivity (Wildman–Crippen MR) is 110 cm³/mol. The van der Waals surface area contributed by atoms with Crippen LogP contribution in [-0.4, -0.2) is 33.7 Å². The second-order valence-corrected chi connectivity index (χ2v) is 8.71. The summed E-state index contributed by atoms with van der Waals surface area (Å²) in [4.78, 5) is 12.7. The molecule has 0 aliphatic carbocycles. The molecule has 0 aliphatic heterocycles. The molecule has 1 amide bonds. The fraction of sp³-hybridized carbons (Fsp3) is 0.278. The Bertz CT molecular complexity index is 964. The van der Waals surface area contributed by atoms with Gasteiger partial charge in [-0.3, -0.25) is 9.10 Å². The molecule has 0 unspecified atom stereocenters. The Balaban J connectivity index is 2.35. The highest BCUT2D eigenvalue weighted by Gasteiger charge is 2.30. The van der Waals surface area contributed by atoms with E-state index in [1.54, 1.807) is 31.2 Å². The number of sulfonamides is 1. The van der Waals surface area contributed by atoms with Crippen LogP contribution in [0.5, 0.6) is 5.75 Å². The Kier molecular flexibility index (Phi) is 6.62. The zero-order valence-corrected chi connectivity index (χ0v) is 17.6. The summed E-state index contributed by atoms with van der Waals surface area (Å²) >= 11 is 12.1. The van der Waals surface area contributed by atoms with Crippen molar-refractivity contribution < 1.29 is 17.9 Å². The van der Waals surface area contributed by atoms with Gasteiger partial charge in [-0.1, -0.05) is 29.3 Å². The summed E-state index contributed by atoms with van der Waals surface area (Å²) in [6, 6.07) is 8.61. The van der Waals surface area contributed by atoms with Crippen molar-refractivity contribution in [1.29, 1.82) is 0 Å². The summed E-state index contributed by atoms with van der Waals surface area (Å²) in [5.74, 6) is -0.0453. The fourth-order valence-electron chi connectivity index (χ4n) is 2.59. The molecule has 6 nitrogen and oxygen atoms in total. The summed E-state index contributed by atoms with van der Waals surface area (Å²) in [6.45, 7) is 3.25. The molecule has 0 heterocycles. The largest absolute Gasteiger partial charge is 0.495 e. The number of rotatable bonds is 6. The van der Waals surface area contributed by atoms with E-state index in [0.29, 0.717) is 32.7 Å². The number of nitrogens with zero attached hydrogens (tertiary/aromatic N) is 1. The zero-order valence-electron chi connectivity index (χ0n) is 15.3. The highest BCUT2D eigenvalue weighted by molar-refractivity contribution is 7.92. The fourth-order valence-corrected chi connectivity index (χ4v) is 4.24. The number of hydrogen-bond donors (Lipinski definition) is 1. The molecular weight excluding hydrogens is 411 g/mol. The normalized spacial score (nSPS) is 12.4. The van der Waals surface area contributed by atoms with Crippen molar-refractivity contribution >= 4 is 50.5 Å². The average Bonchev–Trinajstić information content (AvgIpc) is 2.57. The number of nitrogens with one attached hydrogen (secondary N) is 1. The van der Waals surface area contributed by atoms with Gasteiger partial charge in [0.05, 0.1) is 24.1 Å². The number of ether oxygens (including phenoxy) is 1. The Morgan fingerprint density at radius 3 is 2.41 bits per heavy atom. The topological polar surface area (TPSA) is 75.7 Å². The zero-order chi connectivity index (χ0) is 20.4. The van der Waals surface area contributed by atoms with E-state index >= 15 is 0 Å². The molecule has 0 bridgehead atoms. The summed E-state index contributed by atoms with van der Waals surface area (Å²) in [7, 11) is -2.26. The van der Waals surface area contributed by atoms with Crippen molar-refractivity contribution in [1.82, 2.24) is 0 Å². The molecule has 0 saturated heterocycles. The summed E-state index contributed by atoms with van der Waals surface area (Å²) < 4.78 is 30.9. The lowest BCUT2D eigenvalue weighted by molar-refractivity contribution is -0.116. The number of hydrogen-bond acceptors (Lipinski definition) is 4. The Morgan fingerprint density at radius 2 is 1.85 bits per heavy atom. The van der Waals surface area contributed by atoms with Gasteiger partial charge < -0.3 is 10.1 Å². The third-order valence-corrected chi connectivity index (χ3v) is 5.67. The van der Waals surface area contributed by atoms with E-state index in [-0.39, 0.29) is 0 Å². The number of amides is 1. The maximum absolute atomic E-state index is 12.7. The molecule has 2 aromatic carbocycles. The highest BCUT2D eigenvalue weighted by atomic mass is 35.5. The number of halogens is 2. The van der Waals surface area contributed by atoms with Crippen molar-refractivity contribution in [2.75, 3.05) is 23.0 Å². The van der Waals surface area contributed by atoms with Gasteiger partial charge >= 0.3 is 0 Å². The van der Waals surface area contributed by atoms with Crippen LogP contribution in [0.1, 0.15) is 12.5 Å². The third kappa shape index (κ3) is 5.06. The van der Waals surface area contributed by atoms with Gasteiger partial charge in [0.2, 0.25) is 15.9 Å². The van der Waals surface area contributed by atoms with Gasteiger partial charge in [-0.25, -0.2) is 8.42 Å². The van der Waals surface area contributed by atoms with Crippen molar-refractivity contribution in [3.05, 3.63) is 52.0 Å². The molecule has 9 heteroatoms. The van der Waals surface area contributed by atoms with Crippen molar-refractivity contribution in [2.24, 2.45) is 0 Å². The number of aryl methyl sites for hydroxylation is 1. The second-order valence-electron chi connectivity index (χ2n) is 6.00. The van der Waals surface area contributed by atoms with E-state index in [0.717, 1.165) is 10.6 Å².